The number of rotatable bonds is 4. The lowest BCUT2D eigenvalue weighted by Gasteiger charge is -2.15. The topological polar surface area (TPSA) is 63.4 Å². The van der Waals surface area contributed by atoms with Crippen molar-refractivity contribution in [3.63, 3.8) is 0 Å². The number of nitro benzene ring substituents is 1. The summed E-state index contributed by atoms with van der Waals surface area (Å²) in [5.41, 5.74) is 0.976. The molecule has 0 saturated carbocycles. The van der Waals surface area contributed by atoms with Gasteiger partial charge < -0.3 is 5.11 Å². The van der Waals surface area contributed by atoms with E-state index in [1.54, 1.807) is 13.0 Å². The highest BCUT2D eigenvalue weighted by Crippen LogP contribution is 2.35. The van der Waals surface area contributed by atoms with Crippen LogP contribution in [-0.4, -0.2) is 21.4 Å². The smallest absolute Gasteiger partial charge is 0.283 e. The Kier molecular flexibility index (Phi) is 4.32. The van der Waals surface area contributed by atoms with Gasteiger partial charge >= 0.3 is 0 Å². The number of benzene rings is 1. The second-order valence-electron chi connectivity index (χ2n) is 3.74. The Morgan fingerprint density at radius 2 is 2.06 bits per heavy atom. The van der Waals surface area contributed by atoms with Gasteiger partial charge in [0.25, 0.3) is 5.69 Å². The molecule has 5 heteroatoms. The van der Waals surface area contributed by atoms with Crippen molar-refractivity contribution >= 4 is 17.4 Å². The van der Waals surface area contributed by atoms with E-state index in [9.17, 15) is 15.2 Å². The van der Waals surface area contributed by atoms with Gasteiger partial charge in [-0.25, -0.2) is 0 Å². The average Bonchev–Trinajstić information content (AvgIpc) is 2.20. The number of nitrogens with zero attached hydrogens (tertiary/aromatic N) is 1. The predicted molar refractivity (Wildman–Crippen MR) is 64.8 cm³/mol. The van der Waals surface area contributed by atoms with E-state index in [-0.39, 0.29) is 15.9 Å². The van der Waals surface area contributed by atoms with Gasteiger partial charge in [0.2, 0.25) is 0 Å². The molecular formula is C11H15NO3S. The third-order valence-electron chi connectivity index (χ3n) is 2.37. The maximum atomic E-state index is 10.9. The molecule has 2 atom stereocenters. The zero-order valence-electron chi connectivity index (χ0n) is 9.51. The molecule has 0 aromatic heterocycles. The Hall–Kier alpha value is -1.07. The van der Waals surface area contributed by atoms with E-state index in [0.29, 0.717) is 4.90 Å². The van der Waals surface area contributed by atoms with Crippen LogP contribution in [0.5, 0.6) is 0 Å². The Balaban J connectivity index is 3.06. The molecule has 0 aliphatic heterocycles. The lowest BCUT2D eigenvalue weighted by Crippen LogP contribution is -2.15. The van der Waals surface area contributed by atoms with Crippen molar-refractivity contribution in [1.82, 2.24) is 0 Å². The summed E-state index contributed by atoms with van der Waals surface area (Å²) >= 11 is 1.34. The highest BCUT2D eigenvalue weighted by atomic mass is 32.2. The normalized spacial score (nSPS) is 14.5. The first-order chi connectivity index (χ1) is 7.43. The molecule has 0 spiro atoms. The van der Waals surface area contributed by atoms with Crippen molar-refractivity contribution in [3.8, 4) is 0 Å². The summed E-state index contributed by atoms with van der Waals surface area (Å²) in [6.45, 7) is 5.37. The first-order valence-electron chi connectivity index (χ1n) is 5.02. The predicted octanol–water partition coefficient (Wildman–Crippen LogP) is 2.76. The third-order valence-corrected chi connectivity index (χ3v) is 3.90. The second kappa shape index (κ2) is 5.32. The molecule has 0 aliphatic carbocycles. The molecular weight excluding hydrogens is 226 g/mol. The Bertz CT molecular complexity index is 393. The minimum Gasteiger partial charge on any atom is -0.392 e. The van der Waals surface area contributed by atoms with Crippen LogP contribution in [-0.2, 0) is 0 Å². The fourth-order valence-electron chi connectivity index (χ4n) is 1.22. The Morgan fingerprint density at radius 3 is 2.56 bits per heavy atom. The molecule has 88 valence electrons. The van der Waals surface area contributed by atoms with Crippen LogP contribution in [0.4, 0.5) is 5.69 Å². The maximum absolute atomic E-state index is 10.9. The van der Waals surface area contributed by atoms with E-state index < -0.39 is 6.10 Å². The van der Waals surface area contributed by atoms with Gasteiger partial charge in [0.05, 0.1) is 15.9 Å². The summed E-state index contributed by atoms with van der Waals surface area (Å²) in [6.07, 6.45) is -0.496. The molecule has 0 radical (unpaired) electrons. The quantitative estimate of drug-likeness (QED) is 0.500. The molecule has 1 aromatic carbocycles. The zero-order chi connectivity index (χ0) is 12.3. The van der Waals surface area contributed by atoms with Gasteiger partial charge in [-0.1, -0.05) is 19.1 Å². The summed E-state index contributed by atoms with van der Waals surface area (Å²) in [5.74, 6) is 0. The number of thioether (sulfide) groups is 1. The highest BCUT2D eigenvalue weighted by molar-refractivity contribution is 8.00. The highest BCUT2D eigenvalue weighted by Gasteiger charge is 2.20. The van der Waals surface area contributed by atoms with Crippen LogP contribution in [0.25, 0.3) is 0 Å². The van der Waals surface area contributed by atoms with E-state index in [2.05, 4.69) is 0 Å². The van der Waals surface area contributed by atoms with Crippen molar-refractivity contribution in [3.05, 3.63) is 33.9 Å². The van der Waals surface area contributed by atoms with Crippen LogP contribution in [0.1, 0.15) is 19.4 Å². The third kappa shape index (κ3) is 2.96. The van der Waals surface area contributed by atoms with E-state index in [1.807, 2.05) is 19.9 Å². The molecule has 2 unspecified atom stereocenters. The molecule has 0 amide bonds. The van der Waals surface area contributed by atoms with Crippen LogP contribution in [0.15, 0.2) is 23.1 Å². The van der Waals surface area contributed by atoms with E-state index in [0.717, 1.165) is 5.56 Å². The van der Waals surface area contributed by atoms with Crippen molar-refractivity contribution in [2.45, 2.75) is 37.0 Å². The average molecular weight is 241 g/mol. The zero-order valence-corrected chi connectivity index (χ0v) is 10.3. The molecule has 0 heterocycles. The lowest BCUT2D eigenvalue weighted by molar-refractivity contribution is -0.387. The Labute approximate surface area is 98.8 Å². The number of aryl methyl sites for hydroxylation is 1. The summed E-state index contributed by atoms with van der Waals surface area (Å²) in [7, 11) is 0. The van der Waals surface area contributed by atoms with Gasteiger partial charge in [-0.05, 0) is 19.4 Å². The largest absolute Gasteiger partial charge is 0.392 e. The monoisotopic (exact) mass is 241 g/mol. The summed E-state index contributed by atoms with van der Waals surface area (Å²) in [4.78, 5) is 11.1. The summed E-state index contributed by atoms with van der Waals surface area (Å²) < 4.78 is 0. The minimum absolute atomic E-state index is 0.0696. The van der Waals surface area contributed by atoms with Gasteiger partial charge in [0, 0.05) is 11.3 Å². The summed E-state index contributed by atoms with van der Waals surface area (Å²) in [5, 5.41) is 20.2. The molecule has 4 nitrogen and oxygen atoms in total. The van der Waals surface area contributed by atoms with Crippen LogP contribution >= 0.6 is 11.8 Å². The molecule has 1 rings (SSSR count). The van der Waals surface area contributed by atoms with Gasteiger partial charge in [0.15, 0.2) is 0 Å². The van der Waals surface area contributed by atoms with Crippen LogP contribution in [0.3, 0.4) is 0 Å². The lowest BCUT2D eigenvalue weighted by atomic mass is 10.2. The van der Waals surface area contributed by atoms with Crippen LogP contribution in [0, 0.1) is 17.0 Å². The fraction of sp³-hybridized carbons (Fsp3) is 0.455. The van der Waals surface area contributed by atoms with Crippen molar-refractivity contribution < 1.29 is 10.0 Å². The number of hydrogen-bond donors (Lipinski definition) is 1. The number of aliphatic hydroxyl groups is 1. The van der Waals surface area contributed by atoms with Gasteiger partial charge in [-0.15, -0.1) is 11.8 Å². The van der Waals surface area contributed by atoms with Crippen LogP contribution in [0.2, 0.25) is 0 Å². The fourth-order valence-corrected chi connectivity index (χ4v) is 2.30. The first-order valence-corrected chi connectivity index (χ1v) is 5.90. The van der Waals surface area contributed by atoms with Crippen molar-refractivity contribution in [2.75, 3.05) is 0 Å². The minimum atomic E-state index is -0.496. The molecule has 0 bridgehead atoms. The van der Waals surface area contributed by atoms with Crippen LogP contribution < -0.4 is 0 Å². The molecule has 0 saturated heterocycles. The van der Waals surface area contributed by atoms with Gasteiger partial charge in [-0.3, -0.25) is 10.1 Å². The van der Waals surface area contributed by atoms with Gasteiger partial charge in [0.1, 0.15) is 0 Å². The first kappa shape index (κ1) is 13.0. The molecule has 1 aromatic rings. The SMILES string of the molecule is Cc1cccc([N+](=O)[O-])c1SC(C)C(C)O. The van der Waals surface area contributed by atoms with E-state index in [4.69, 9.17) is 0 Å². The number of nitro groups is 1. The number of aliphatic hydroxyl groups excluding tert-OH is 1. The van der Waals surface area contributed by atoms with E-state index >= 15 is 0 Å². The maximum Gasteiger partial charge on any atom is 0.283 e. The molecule has 16 heavy (non-hydrogen) atoms. The van der Waals surface area contributed by atoms with Crippen molar-refractivity contribution in [2.24, 2.45) is 0 Å². The molecule has 1 N–H and O–H groups in total. The Morgan fingerprint density at radius 1 is 1.44 bits per heavy atom. The van der Waals surface area contributed by atoms with E-state index in [1.165, 1.54) is 17.8 Å². The molecule has 0 aliphatic rings. The molecule has 0 fully saturated rings. The number of hydrogen-bond acceptors (Lipinski definition) is 4. The standard InChI is InChI=1S/C11H15NO3S/c1-7-5-4-6-10(12(14)15)11(7)16-9(3)8(2)13/h4-6,8-9,13H,1-3H3. The van der Waals surface area contributed by atoms with Gasteiger partial charge in [-0.2, -0.15) is 0 Å². The second-order valence-corrected chi connectivity index (χ2v) is 5.13. The summed E-state index contributed by atoms with van der Waals surface area (Å²) in [6, 6.07) is 5.00. The van der Waals surface area contributed by atoms with Crippen molar-refractivity contribution in [1.29, 1.82) is 0 Å².